The van der Waals surface area contributed by atoms with Gasteiger partial charge in [-0.15, -0.1) is 0 Å². The second-order valence-corrected chi connectivity index (χ2v) is 9.77. The van der Waals surface area contributed by atoms with Crippen molar-refractivity contribution >= 4 is 34.3 Å². The Kier molecular flexibility index (Phi) is 5.42. The highest BCUT2D eigenvalue weighted by Crippen LogP contribution is 2.49. The van der Waals surface area contributed by atoms with E-state index in [4.69, 9.17) is 16.0 Å². The van der Waals surface area contributed by atoms with Crippen molar-refractivity contribution in [3.63, 3.8) is 0 Å². The predicted octanol–water partition coefficient (Wildman–Crippen LogP) is 5.40. The molecule has 3 N–H and O–H groups in total. The quantitative estimate of drug-likeness (QED) is 0.481. The van der Waals surface area contributed by atoms with E-state index >= 15 is 0 Å². The summed E-state index contributed by atoms with van der Waals surface area (Å²) in [7, 11) is 2.10. The summed E-state index contributed by atoms with van der Waals surface area (Å²) in [4.78, 5) is 14.7. The van der Waals surface area contributed by atoms with Crippen LogP contribution < -0.4 is 10.6 Å². The normalized spacial score (nSPS) is 17.6. The Bertz CT molecular complexity index is 1160. The standard InChI is InChI=1S/C24H30ClN5O2/c1-14-18(15(2)29-28-14)7-10-30(3)13-17-11-16-12-19(25)21-20(22(16)32-17)24(27-23(31)26-21)8-5-4-6-9-24/h11-12H,4-10,13H2,1-3H3,(H,28,29)(H2,26,27,31). The smallest absolute Gasteiger partial charge is 0.319 e. The molecule has 0 bridgehead atoms. The summed E-state index contributed by atoms with van der Waals surface area (Å²) in [6, 6.07) is 3.81. The Balaban J connectivity index is 1.44. The molecule has 3 heterocycles. The number of likely N-dealkylation sites (N-methyl/N-ethyl adjacent to an activating group) is 1. The fourth-order valence-corrected chi connectivity index (χ4v) is 5.66. The summed E-state index contributed by atoms with van der Waals surface area (Å²) in [5, 5.41) is 15.0. The summed E-state index contributed by atoms with van der Waals surface area (Å²) in [6.45, 7) is 5.71. The largest absolute Gasteiger partial charge is 0.459 e. The minimum Gasteiger partial charge on any atom is -0.459 e. The molecule has 1 aliphatic heterocycles. The minimum atomic E-state index is -0.406. The van der Waals surface area contributed by atoms with Gasteiger partial charge in [-0.05, 0) is 57.9 Å². The number of aromatic nitrogens is 2. The SMILES string of the molecule is Cc1n[nH]c(C)c1CCN(C)Cc1cc2cc(Cl)c3c(c2o1)C1(CCCCC1)NC(=O)N3. The van der Waals surface area contributed by atoms with Crippen LogP contribution in [0.3, 0.4) is 0 Å². The lowest BCUT2D eigenvalue weighted by Gasteiger charge is -2.42. The van der Waals surface area contributed by atoms with Gasteiger partial charge in [-0.2, -0.15) is 5.10 Å². The van der Waals surface area contributed by atoms with Crippen molar-refractivity contribution < 1.29 is 9.21 Å². The molecule has 0 radical (unpaired) electrons. The van der Waals surface area contributed by atoms with Gasteiger partial charge in [-0.3, -0.25) is 10.00 Å². The Morgan fingerprint density at radius 2 is 2.00 bits per heavy atom. The number of aromatic amines is 1. The van der Waals surface area contributed by atoms with Gasteiger partial charge in [-0.1, -0.05) is 30.9 Å². The number of nitrogens with zero attached hydrogens (tertiary/aromatic N) is 2. The number of H-pyrrole nitrogens is 1. The average Bonchev–Trinajstić information content (AvgIpc) is 3.28. The first kappa shape index (κ1) is 21.3. The molecule has 1 fully saturated rings. The number of halogens is 1. The number of carbonyl (C=O) groups excluding carboxylic acids is 1. The number of hydrogen-bond donors (Lipinski definition) is 3. The Morgan fingerprint density at radius 3 is 2.72 bits per heavy atom. The number of aryl methyl sites for hydroxylation is 2. The van der Waals surface area contributed by atoms with Crippen molar-refractivity contribution in [2.45, 2.75) is 64.5 Å². The molecule has 0 saturated heterocycles. The second kappa shape index (κ2) is 8.12. The highest BCUT2D eigenvalue weighted by atomic mass is 35.5. The predicted molar refractivity (Wildman–Crippen MR) is 126 cm³/mol. The van der Waals surface area contributed by atoms with Crippen LogP contribution in [-0.2, 0) is 18.5 Å². The maximum absolute atomic E-state index is 12.4. The van der Waals surface area contributed by atoms with Crippen LogP contribution in [0.25, 0.3) is 11.0 Å². The van der Waals surface area contributed by atoms with Crippen LogP contribution in [-0.4, -0.2) is 34.7 Å². The highest BCUT2D eigenvalue weighted by molar-refractivity contribution is 6.35. The third-order valence-electron chi connectivity index (χ3n) is 7.04. The van der Waals surface area contributed by atoms with Gasteiger partial charge in [0, 0.05) is 23.2 Å². The number of fused-ring (bicyclic) bond motifs is 4. The van der Waals surface area contributed by atoms with Gasteiger partial charge in [0.2, 0.25) is 0 Å². The fourth-order valence-electron chi connectivity index (χ4n) is 5.40. The summed E-state index contributed by atoms with van der Waals surface area (Å²) >= 11 is 6.64. The van der Waals surface area contributed by atoms with E-state index < -0.39 is 5.54 Å². The number of carbonyl (C=O) groups is 1. The molecular weight excluding hydrogens is 426 g/mol. The van der Waals surface area contributed by atoms with E-state index in [1.807, 2.05) is 13.0 Å². The number of furan rings is 1. The molecule has 1 aromatic carbocycles. The van der Waals surface area contributed by atoms with E-state index in [2.05, 4.69) is 45.8 Å². The molecular formula is C24H30ClN5O2. The molecule has 3 aromatic rings. The number of urea groups is 1. The Labute approximate surface area is 192 Å². The van der Waals surface area contributed by atoms with Gasteiger partial charge in [0.1, 0.15) is 11.3 Å². The second-order valence-electron chi connectivity index (χ2n) is 9.36. The molecule has 0 atom stereocenters. The van der Waals surface area contributed by atoms with Crippen LogP contribution in [0.15, 0.2) is 16.5 Å². The maximum Gasteiger partial charge on any atom is 0.319 e. The first-order chi connectivity index (χ1) is 15.4. The van der Waals surface area contributed by atoms with Crippen LogP contribution >= 0.6 is 11.6 Å². The lowest BCUT2D eigenvalue weighted by Crippen LogP contribution is -2.52. The van der Waals surface area contributed by atoms with Gasteiger partial charge >= 0.3 is 6.03 Å². The molecule has 1 saturated carbocycles. The van der Waals surface area contributed by atoms with Crippen LogP contribution in [0.4, 0.5) is 10.5 Å². The van der Waals surface area contributed by atoms with Crippen LogP contribution in [0.1, 0.15) is 60.4 Å². The fraction of sp³-hybridized carbons (Fsp3) is 0.500. The van der Waals surface area contributed by atoms with E-state index in [-0.39, 0.29) is 6.03 Å². The zero-order valence-electron chi connectivity index (χ0n) is 18.9. The lowest BCUT2D eigenvalue weighted by molar-refractivity contribution is 0.208. The molecule has 2 aliphatic rings. The van der Waals surface area contributed by atoms with Crippen molar-refractivity contribution in [2.24, 2.45) is 0 Å². The summed E-state index contributed by atoms with van der Waals surface area (Å²) < 4.78 is 6.43. The van der Waals surface area contributed by atoms with Gasteiger partial charge in [0.25, 0.3) is 0 Å². The molecule has 7 nitrogen and oxygen atoms in total. The van der Waals surface area contributed by atoms with E-state index in [9.17, 15) is 4.79 Å². The van der Waals surface area contributed by atoms with E-state index in [1.165, 1.54) is 12.0 Å². The number of benzene rings is 1. The number of amides is 2. The molecule has 170 valence electrons. The average molecular weight is 456 g/mol. The first-order valence-corrected chi connectivity index (χ1v) is 11.8. The van der Waals surface area contributed by atoms with Gasteiger partial charge in [0.05, 0.1) is 28.5 Å². The van der Waals surface area contributed by atoms with E-state index in [1.54, 1.807) is 0 Å². The molecule has 5 rings (SSSR count). The molecule has 8 heteroatoms. The van der Waals surface area contributed by atoms with Crippen molar-refractivity contribution in [1.29, 1.82) is 0 Å². The van der Waals surface area contributed by atoms with Gasteiger partial charge in [-0.25, -0.2) is 4.79 Å². The molecule has 1 aliphatic carbocycles. The molecule has 2 amide bonds. The van der Waals surface area contributed by atoms with Crippen molar-refractivity contribution in [3.8, 4) is 0 Å². The summed E-state index contributed by atoms with van der Waals surface area (Å²) in [6.07, 6.45) is 6.09. The van der Waals surface area contributed by atoms with E-state index in [0.717, 1.165) is 72.3 Å². The minimum absolute atomic E-state index is 0.183. The number of hydrogen-bond acceptors (Lipinski definition) is 4. The molecule has 32 heavy (non-hydrogen) atoms. The Morgan fingerprint density at radius 1 is 1.22 bits per heavy atom. The van der Waals surface area contributed by atoms with Crippen LogP contribution in [0.2, 0.25) is 5.02 Å². The van der Waals surface area contributed by atoms with Crippen LogP contribution in [0.5, 0.6) is 0 Å². The van der Waals surface area contributed by atoms with Gasteiger partial charge < -0.3 is 15.1 Å². The maximum atomic E-state index is 12.4. The van der Waals surface area contributed by atoms with Crippen molar-refractivity contribution in [3.05, 3.63) is 45.4 Å². The number of anilines is 1. The first-order valence-electron chi connectivity index (χ1n) is 11.4. The van der Waals surface area contributed by atoms with Gasteiger partial charge in [0.15, 0.2) is 0 Å². The Hall–Kier alpha value is -2.51. The van der Waals surface area contributed by atoms with E-state index in [0.29, 0.717) is 17.3 Å². The zero-order chi connectivity index (χ0) is 22.5. The molecule has 1 spiro atoms. The third-order valence-corrected chi connectivity index (χ3v) is 7.34. The van der Waals surface area contributed by atoms with Crippen molar-refractivity contribution in [1.82, 2.24) is 20.4 Å². The molecule has 2 aromatic heterocycles. The topological polar surface area (TPSA) is 86.2 Å². The molecule has 0 unspecified atom stereocenters. The summed E-state index contributed by atoms with van der Waals surface area (Å²) in [5.74, 6) is 0.899. The number of nitrogens with one attached hydrogen (secondary N) is 3. The number of rotatable bonds is 5. The highest BCUT2D eigenvalue weighted by Gasteiger charge is 2.43. The third kappa shape index (κ3) is 3.67. The van der Waals surface area contributed by atoms with Crippen LogP contribution in [0, 0.1) is 13.8 Å². The zero-order valence-corrected chi connectivity index (χ0v) is 19.7. The summed E-state index contributed by atoms with van der Waals surface area (Å²) in [5.41, 5.74) is 5.62. The monoisotopic (exact) mass is 455 g/mol. The van der Waals surface area contributed by atoms with Crippen molar-refractivity contribution in [2.75, 3.05) is 18.9 Å². The lowest BCUT2D eigenvalue weighted by atomic mass is 9.74.